The van der Waals surface area contributed by atoms with Crippen LogP contribution in [0.5, 0.6) is 0 Å². The lowest BCUT2D eigenvalue weighted by Gasteiger charge is -2.36. The van der Waals surface area contributed by atoms with Gasteiger partial charge in [0.2, 0.25) is 5.91 Å². The number of fused-ring (bicyclic) bond motifs is 1. The number of Topliss-reactive ketones (excluding diaryl/α,β-unsaturated/α-hetero) is 1. The lowest BCUT2D eigenvalue weighted by Crippen LogP contribution is -2.40. The first kappa shape index (κ1) is 23.0. The standard InChI is InChI=1S/C29H31N3O3/c1-18-11-12-20(19(2)14-18)31-26(34)17-32-23-9-6-5-8-21(23)30-22-15-29(3,4)16-24(33)27(22)28(32)25-10-7-13-35-25/h5-14,28,30H,15-17H2,1-4H3,(H,31,34). The van der Waals surface area contributed by atoms with E-state index in [0.29, 0.717) is 17.8 Å². The number of aryl methyl sites for hydroxylation is 2. The summed E-state index contributed by atoms with van der Waals surface area (Å²) in [5.41, 5.74) is 6.08. The van der Waals surface area contributed by atoms with Crippen LogP contribution in [0.1, 0.15) is 49.6 Å². The van der Waals surface area contributed by atoms with E-state index in [0.717, 1.165) is 40.3 Å². The number of amides is 1. The Bertz CT molecular complexity index is 1320. The molecule has 1 aliphatic carbocycles. The molecule has 1 amide bonds. The normalized spacial score (nSPS) is 18.9. The number of benzene rings is 2. The van der Waals surface area contributed by atoms with Crippen LogP contribution in [0.25, 0.3) is 0 Å². The second kappa shape index (κ2) is 8.77. The largest absolute Gasteiger partial charge is 0.467 e. The third kappa shape index (κ3) is 4.48. The molecule has 2 N–H and O–H groups in total. The number of hydrogen-bond donors (Lipinski definition) is 2. The van der Waals surface area contributed by atoms with Crippen LogP contribution in [0.2, 0.25) is 0 Å². The second-order valence-electron chi connectivity index (χ2n) is 10.4. The van der Waals surface area contributed by atoms with Crippen molar-refractivity contribution >= 4 is 28.8 Å². The Kier molecular flexibility index (Phi) is 5.75. The molecule has 180 valence electrons. The molecule has 2 heterocycles. The molecular formula is C29H31N3O3. The molecule has 6 heteroatoms. The van der Waals surface area contributed by atoms with Crippen LogP contribution in [-0.2, 0) is 9.59 Å². The summed E-state index contributed by atoms with van der Waals surface area (Å²) in [7, 11) is 0. The zero-order valence-corrected chi connectivity index (χ0v) is 20.6. The van der Waals surface area contributed by atoms with Crippen LogP contribution in [0, 0.1) is 19.3 Å². The number of rotatable bonds is 4. The van der Waals surface area contributed by atoms with Gasteiger partial charge in [0.25, 0.3) is 0 Å². The Morgan fingerprint density at radius 3 is 2.66 bits per heavy atom. The van der Waals surface area contributed by atoms with Gasteiger partial charge in [0, 0.05) is 23.4 Å². The number of carbonyl (C=O) groups excluding carboxylic acids is 2. The number of nitrogens with one attached hydrogen (secondary N) is 2. The number of furan rings is 1. The lowest BCUT2D eigenvalue weighted by atomic mass is 9.74. The van der Waals surface area contributed by atoms with Crippen molar-refractivity contribution < 1.29 is 14.0 Å². The monoisotopic (exact) mass is 469 g/mol. The maximum Gasteiger partial charge on any atom is 0.243 e. The van der Waals surface area contributed by atoms with Gasteiger partial charge in [-0.05, 0) is 61.6 Å². The highest BCUT2D eigenvalue weighted by Crippen LogP contribution is 2.48. The van der Waals surface area contributed by atoms with Gasteiger partial charge in [0.1, 0.15) is 11.8 Å². The second-order valence-corrected chi connectivity index (χ2v) is 10.4. The van der Waals surface area contributed by atoms with Crippen LogP contribution in [-0.4, -0.2) is 18.2 Å². The molecule has 35 heavy (non-hydrogen) atoms. The van der Waals surface area contributed by atoms with Crippen LogP contribution < -0.4 is 15.5 Å². The molecule has 1 aromatic heterocycles. The minimum atomic E-state index is -0.510. The fourth-order valence-corrected chi connectivity index (χ4v) is 5.27. The van der Waals surface area contributed by atoms with Crippen LogP contribution in [0.15, 0.2) is 76.5 Å². The first-order valence-corrected chi connectivity index (χ1v) is 12.0. The average molecular weight is 470 g/mol. The van der Waals surface area contributed by atoms with Crippen molar-refractivity contribution in [3.63, 3.8) is 0 Å². The van der Waals surface area contributed by atoms with Crippen molar-refractivity contribution in [3.05, 3.63) is 89.0 Å². The van der Waals surface area contributed by atoms with Crippen molar-refractivity contribution in [1.29, 1.82) is 0 Å². The lowest BCUT2D eigenvalue weighted by molar-refractivity contribution is -0.119. The average Bonchev–Trinajstić information content (AvgIpc) is 3.27. The van der Waals surface area contributed by atoms with E-state index in [-0.39, 0.29) is 23.7 Å². The fourth-order valence-electron chi connectivity index (χ4n) is 5.27. The molecule has 0 spiro atoms. The summed E-state index contributed by atoms with van der Waals surface area (Å²) in [6.07, 6.45) is 2.80. The van der Waals surface area contributed by atoms with E-state index in [1.165, 1.54) is 0 Å². The van der Waals surface area contributed by atoms with E-state index in [1.54, 1.807) is 6.26 Å². The number of allylic oxidation sites excluding steroid dienone is 1. The minimum absolute atomic E-state index is 0.0603. The maximum absolute atomic E-state index is 13.6. The van der Waals surface area contributed by atoms with Gasteiger partial charge in [-0.25, -0.2) is 0 Å². The van der Waals surface area contributed by atoms with Gasteiger partial charge >= 0.3 is 0 Å². The first-order valence-electron chi connectivity index (χ1n) is 12.0. The Balaban J connectivity index is 1.59. The van der Waals surface area contributed by atoms with Gasteiger partial charge in [-0.15, -0.1) is 0 Å². The summed E-state index contributed by atoms with van der Waals surface area (Å²) in [5.74, 6) is 0.567. The van der Waals surface area contributed by atoms with Crippen LogP contribution in [0.3, 0.4) is 0 Å². The third-order valence-electron chi connectivity index (χ3n) is 6.79. The zero-order chi connectivity index (χ0) is 24.7. The summed E-state index contributed by atoms with van der Waals surface area (Å²) in [6, 6.07) is 17.0. The quantitative estimate of drug-likeness (QED) is 0.479. The Morgan fingerprint density at radius 2 is 1.91 bits per heavy atom. The van der Waals surface area contributed by atoms with E-state index in [4.69, 9.17) is 4.42 Å². The van der Waals surface area contributed by atoms with Gasteiger partial charge in [0.15, 0.2) is 5.78 Å². The molecule has 1 unspecified atom stereocenters. The molecular weight excluding hydrogens is 438 g/mol. The first-order chi connectivity index (χ1) is 16.7. The van der Waals surface area contributed by atoms with Crippen molar-refractivity contribution in [2.75, 3.05) is 22.1 Å². The number of ketones is 1. The van der Waals surface area contributed by atoms with Gasteiger partial charge in [-0.1, -0.05) is 43.7 Å². The van der Waals surface area contributed by atoms with Gasteiger partial charge < -0.3 is 20.0 Å². The Labute approximate surface area is 206 Å². The molecule has 2 aromatic carbocycles. The minimum Gasteiger partial charge on any atom is -0.467 e. The summed E-state index contributed by atoms with van der Waals surface area (Å²) < 4.78 is 5.87. The van der Waals surface area contributed by atoms with Gasteiger partial charge in [0.05, 0.1) is 24.2 Å². The number of nitrogens with zero attached hydrogens (tertiary/aromatic N) is 1. The number of anilines is 3. The highest BCUT2D eigenvalue weighted by Gasteiger charge is 2.42. The number of hydrogen-bond acceptors (Lipinski definition) is 5. The van der Waals surface area contributed by atoms with E-state index in [1.807, 2.05) is 73.3 Å². The summed E-state index contributed by atoms with van der Waals surface area (Å²) in [4.78, 5) is 29.0. The molecule has 6 nitrogen and oxygen atoms in total. The molecule has 0 radical (unpaired) electrons. The molecule has 1 aliphatic heterocycles. The highest BCUT2D eigenvalue weighted by atomic mass is 16.3. The topological polar surface area (TPSA) is 74.6 Å². The van der Waals surface area contributed by atoms with E-state index >= 15 is 0 Å². The zero-order valence-electron chi connectivity index (χ0n) is 20.6. The highest BCUT2D eigenvalue weighted by molar-refractivity contribution is 6.02. The fraction of sp³-hybridized carbons (Fsp3) is 0.310. The molecule has 0 fully saturated rings. The van der Waals surface area contributed by atoms with Crippen LogP contribution in [0.4, 0.5) is 17.1 Å². The third-order valence-corrected chi connectivity index (χ3v) is 6.79. The molecule has 3 aromatic rings. The molecule has 0 bridgehead atoms. The van der Waals surface area contributed by atoms with Crippen molar-refractivity contribution in [2.24, 2.45) is 5.41 Å². The van der Waals surface area contributed by atoms with E-state index in [9.17, 15) is 9.59 Å². The van der Waals surface area contributed by atoms with Gasteiger partial charge in [-0.2, -0.15) is 0 Å². The predicted molar refractivity (Wildman–Crippen MR) is 138 cm³/mol. The summed E-state index contributed by atoms with van der Waals surface area (Å²) in [6.45, 7) is 8.31. The van der Waals surface area contributed by atoms with Crippen molar-refractivity contribution in [3.8, 4) is 0 Å². The van der Waals surface area contributed by atoms with Crippen LogP contribution >= 0.6 is 0 Å². The van der Waals surface area contributed by atoms with Crippen molar-refractivity contribution in [2.45, 2.75) is 46.6 Å². The molecule has 2 aliphatic rings. The summed E-state index contributed by atoms with van der Waals surface area (Å²) >= 11 is 0. The predicted octanol–water partition coefficient (Wildman–Crippen LogP) is 6.15. The maximum atomic E-state index is 13.6. The van der Waals surface area contributed by atoms with Gasteiger partial charge in [-0.3, -0.25) is 9.59 Å². The Morgan fingerprint density at radius 1 is 1.11 bits per heavy atom. The SMILES string of the molecule is Cc1ccc(NC(=O)CN2c3ccccc3NC3=C(C(=O)CC(C)(C)C3)C2c2ccco2)c(C)c1. The number of carbonyl (C=O) groups is 2. The summed E-state index contributed by atoms with van der Waals surface area (Å²) in [5, 5.41) is 6.62. The van der Waals surface area contributed by atoms with E-state index in [2.05, 4.69) is 24.5 Å². The van der Waals surface area contributed by atoms with E-state index < -0.39 is 6.04 Å². The van der Waals surface area contributed by atoms with Crippen molar-refractivity contribution in [1.82, 2.24) is 0 Å². The molecule has 0 saturated heterocycles. The molecule has 5 rings (SSSR count). The smallest absolute Gasteiger partial charge is 0.243 e. The Hall–Kier alpha value is -3.80. The molecule has 1 atom stereocenters. The number of para-hydroxylation sites is 2. The molecule has 0 saturated carbocycles.